The second kappa shape index (κ2) is 7.79. The molecule has 1 aromatic heterocycles. The second-order valence-electron chi connectivity index (χ2n) is 5.31. The van der Waals surface area contributed by atoms with Crippen LogP contribution in [-0.4, -0.2) is 37.9 Å². The highest BCUT2D eigenvalue weighted by atomic mass is 16.5. The largest absolute Gasteiger partial charge is 0.481 e. The van der Waals surface area contributed by atoms with Crippen LogP contribution < -0.4 is 15.4 Å². The van der Waals surface area contributed by atoms with Crippen LogP contribution in [0.1, 0.15) is 37.1 Å². The van der Waals surface area contributed by atoms with Crippen LogP contribution in [0.25, 0.3) is 6.08 Å². The number of amides is 1. The molecule has 1 unspecified atom stereocenters. The summed E-state index contributed by atoms with van der Waals surface area (Å²) in [7, 11) is 2.95. The fourth-order valence-corrected chi connectivity index (χ4v) is 2.08. The van der Waals surface area contributed by atoms with Gasteiger partial charge < -0.3 is 20.1 Å². The van der Waals surface area contributed by atoms with E-state index in [9.17, 15) is 4.79 Å². The molecule has 1 fully saturated rings. The summed E-state index contributed by atoms with van der Waals surface area (Å²) in [5.74, 6) is 0.586. The summed E-state index contributed by atoms with van der Waals surface area (Å²) in [6, 6.07) is 4.86. The number of pyridine rings is 1. The van der Waals surface area contributed by atoms with Gasteiger partial charge in [0.15, 0.2) is 0 Å². The molecule has 0 spiro atoms. The van der Waals surface area contributed by atoms with Gasteiger partial charge in [0.2, 0.25) is 5.88 Å². The van der Waals surface area contributed by atoms with Crippen molar-refractivity contribution in [3.05, 3.63) is 29.5 Å². The molecule has 6 heteroatoms. The molecule has 120 valence electrons. The maximum atomic E-state index is 11.0. The topological polar surface area (TPSA) is 72.5 Å². The Hall–Kier alpha value is -2.08. The maximum absolute atomic E-state index is 11.0. The molecule has 2 N–H and O–H groups in total. The minimum Gasteiger partial charge on any atom is -0.481 e. The molecular formula is C16H23N3O3. The minimum absolute atomic E-state index is 0.254. The van der Waals surface area contributed by atoms with E-state index in [4.69, 9.17) is 4.74 Å². The van der Waals surface area contributed by atoms with Gasteiger partial charge in [-0.25, -0.2) is 9.78 Å². The Bertz CT molecular complexity index is 541. The summed E-state index contributed by atoms with van der Waals surface area (Å²) in [6.45, 7) is 2.52. The van der Waals surface area contributed by atoms with Crippen molar-refractivity contribution in [1.82, 2.24) is 15.6 Å². The number of nitrogens with zero attached hydrogens (tertiary/aromatic N) is 1. The summed E-state index contributed by atoms with van der Waals surface area (Å²) in [5, 5.41) is 6.14. The molecule has 0 bridgehead atoms. The van der Waals surface area contributed by atoms with E-state index in [0.29, 0.717) is 18.5 Å². The van der Waals surface area contributed by atoms with E-state index in [0.717, 1.165) is 11.3 Å². The number of aromatic nitrogens is 1. The van der Waals surface area contributed by atoms with Gasteiger partial charge in [0, 0.05) is 24.7 Å². The highest BCUT2D eigenvalue weighted by Gasteiger charge is 2.23. The first-order valence-corrected chi connectivity index (χ1v) is 7.42. The number of hydrogen-bond donors (Lipinski definition) is 2. The molecule has 0 saturated heterocycles. The molecule has 0 aromatic carbocycles. The molecule has 0 aliphatic heterocycles. The molecule has 1 heterocycles. The monoisotopic (exact) mass is 305 g/mol. The lowest BCUT2D eigenvalue weighted by atomic mass is 10.1. The molecule has 1 aliphatic carbocycles. The van der Waals surface area contributed by atoms with Gasteiger partial charge in [-0.2, -0.15) is 0 Å². The lowest BCUT2D eigenvalue weighted by Gasteiger charge is -2.15. The lowest BCUT2D eigenvalue weighted by Crippen LogP contribution is -2.22. The lowest BCUT2D eigenvalue weighted by molar-refractivity contribution is 0.172. The second-order valence-corrected chi connectivity index (χ2v) is 5.31. The van der Waals surface area contributed by atoms with Gasteiger partial charge in [-0.05, 0) is 37.5 Å². The molecule has 6 nitrogen and oxygen atoms in total. The van der Waals surface area contributed by atoms with Gasteiger partial charge in [0.25, 0.3) is 0 Å². The quantitative estimate of drug-likeness (QED) is 0.808. The van der Waals surface area contributed by atoms with E-state index in [1.54, 1.807) is 7.11 Å². The third-order valence-electron chi connectivity index (χ3n) is 3.45. The summed E-state index contributed by atoms with van der Waals surface area (Å²) >= 11 is 0. The van der Waals surface area contributed by atoms with Gasteiger partial charge in [0.1, 0.15) is 0 Å². The van der Waals surface area contributed by atoms with Gasteiger partial charge in [-0.15, -0.1) is 0 Å². The predicted octanol–water partition coefficient (Wildman–Crippen LogP) is 2.27. The minimum atomic E-state index is -0.453. The summed E-state index contributed by atoms with van der Waals surface area (Å²) in [5.41, 5.74) is 1.93. The molecule has 22 heavy (non-hydrogen) atoms. The molecule has 1 saturated carbocycles. The van der Waals surface area contributed by atoms with Crippen LogP contribution in [0.2, 0.25) is 0 Å². The van der Waals surface area contributed by atoms with Crippen LogP contribution in [0.4, 0.5) is 4.79 Å². The van der Waals surface area contributed by atoms with Crippen molar-refractivity contribution >= 4 is 12.2 Å². The average Bonchev–Trinajstić information content (AvgIpc) is 3.34. The average molecular weight is 305 g/mol. The van der Waals surface area contributed by atoms with E-state index in [2.05, 4.69) is 27.3 Å². The van der Waals surface area contributed by atoms with Crippen molar-refractivity contribution in [2.24, 2.45) is 0 Å². The van der Waals surface area contributed by atoms with Crippen LogP contribution in [0.3, 0.4) is 0 Å². The molecule has 1 aromatic rings. The SMILES string of the molecule is COC(=O)NCC=Cc1cc(C(C)NC2CC2)cc(OC)n1. The third kappa shape index (κ3) is 5.04. The zero-order valence-corrected chi connectivity index (χ0v) is 13.3. The number of alkyl carbamates (subject to hydrolysis) is 1. The normalized spacial score (nSPS) is 15.6. The van der Waals surface area contributed by atoms with Gasteiger partial charge in [-0.1, -0.05) is 6.08 Å². The summed E-state index contributed by atoms with van der Waals surface area (Å²) in [4.78, 5) is 15.3. The number of carbonyl (C=O) groups excluding carboxylic acids is 1. The van der Waals surface area contributed by atoms with Gasteiger partial charge >= 0.3 is 6.09 Å². The first kappa shape index (κ1) is 16.3. The van der Waals surface area contributed by atoms with Crippen molar-refractivity contribution in [2.75, 3.05) is 20.8 Å². The highest BCUT2D eigenvalue weighted by molar-refractivity contribution is 5.67. The molecule has 1 aliphatic rings. The zero-order chi connectivity index (χ0) is 15.9. The Morgan fingerprint density at radius 3 is 2.86 bits per heavy atom. The van der Waals surface area contributed by atoms with Crippen molar-refractivity contribution in [2.45, 2.75) is 31.8 Å². The van der Waals surface area contributed by atoms with Crippen LogP contribution in [-0.2, 0) is 4.74 Å². The Kier molecular flexibility index (Phi) is 5.77. The van der Waals surface area contributed by atoms with Crippen LogP contribution in [0.15, 0.2) is 18.2 Å². The Balaban J connectivity index is 2.02. The number of rotatable bonds is 7. The Morgan fingerprint density at radius 1 is 1.45 bits per heavy atom. The first-order chi connectivity index (χ1) is 10.6. The van der Waals surface area contributed by atoms with E-state index in [-0.39, 0.29) is 6.04 Å². The van der Waals surface area contributed by atoms with Crippen LogP contribution >= 0.6 is 0 Å². The molecular weight excluding hydrogens is 282 g/mol. The number of methoxy groups -OCH3 is 2. The van der Waals surface area contributed by atoms with Crippen molar-refractivity contribution in [1.29, 1.82) is 0 Å². The molecule has 1 atom stereocenters. The van der Waals surface area contributed by atoms with Gasteiger partial charge in [0.05, 0.1) is 19.9 Å². The van der Waals surface area contributed by atoms with Crippen molar-refractivity contribution in [3.8, 4) is 5.88 Å². The Labute approximate surface area is 130 Å². The smallest absolute Gasteiger partial charge is 0.407 e. The highest BCUT2D eigenvalue weighted by Crippen LogP contribution is 2.25. The number of nitrogens with one attached hydrogen (secondary N) is 2. The van der Waals surface area contributed by atoms with Crippen molar-refractivity contribution in [3.63, 3.8) is 0 Å². The number of carbonyl (C=O) groups is 1. The Morgan fingerprint density at radius 2 is 2.23 bits per heavy atom. The molecule has 0 radical (unpaired) electrons. The standard InChI is InChI=1S/C16H23N3O3/c1-11(18-13-6-7-13)12-9-14(19-15(10-12)21-2)5-4-8-17-16(20)22-3/h4-5,9-11,13,18H,6-8H2,1-3H3,(H,17,20). The van der Waals surface area contributed by atoms with Crippen molar-refractivity contribution < 1.29 is 14.3 Å². The van der Waals surface area contributed by atoms with E-state index < -0.39 is 6.09 Å². The number of hydrogen-bond acceptors (Lipinski definition) is 5. The molecule has 1 amide bonds. The van der Waals surface area contributed by atoms with E-state index in [1.807, 2.05) is 24.3 Å². The third-order valence-corrected chi connectivity index (χ3v) is 3.45. The predicted molar refractivity (Wildman–Crippen MR) is 84.8 cm³/mol. The molecule has 2 rings (SSSR count). The zero-order valence-electron chi connectivity index (χ0n) is 13.3. The van der Waals surface area contributed by atoms with E-state index >= 15 is 0 Å². The number of ether oxygens (including phenoxy) is 2. The van der Waals surface area contributed by atoms with Crippen LogP contribution in [0.5, 0.6) is 5.88 Å². The fourth-order valence-electron chi connectivity index (χ4n) is 2.08. The van der Waals surface area contributed by atoms with Crippen LogP contribution in [0, 0.1) is 0 Å². The summed E-state index contributed by atoms with van der Waals surface area (Å²) < 4.78 is 9.77. The maximum Gasteiger partial charge on any atom is 0.407 e. The fraction of sp³-hybridized carbons (Fsp3) is 0.500. The van der Waals surface area contributed by atoms with Gasteiger partial charge in [-0.3, -0.25) is 0 Å². The summed E-state index contributed by atoms with van der Waals surface area (Å²) in [6.07, 6.45) is 5.72. The first-order valence-electron chi connectivity index (χ1n) is 7.42. The van der Waals surface area contributed by atoms with E-state index in [1.165, 1.54) is 20.0 Å².